The zero-order valence-electron chi connectivity index (χ0n) is 11.6. The van der Waals surface area contributed by atoms with Gasteiger partial charge in [-0.15, -0.1) is 11.6 Å². The van der Waals surface area contributed by atoms with Gasteiger partial charge in [-0.2, -0.15) is 0 Å². The van der Waals surface area contributed by atoms with Crippen molar-refractivity contribution in [1.82, 2.24) is 14.5 Å². The Balaban J connectivity index is 1.87. The van der Waals surface area contributed by atoms with Crippen molar-refractivity contribution >= 4 is 34.2 Å². The number of halogens is 2. The van der Waals surface area contributed by atoms with Gasteiger partial charge in [-0.3, -0.25) is 4.90 Å². The van der Waals surface area contributed by atoms with Crippen molar-refractivity contribution in [2.75, 3.05) is 13.1 Å². The second-order valence-electron chi connectivity index (χ2n) is 5.28. The number of aromatic nitrogens is 2. The van der Waals surface area contributed by atoms with Crippen LogP contribution in [0.3, 0.4) is 0 Å². The van der Waals surface area contributed by atoms with E-state index in [0.717, 1.165) is 42.5 Å². The highest BCUT2D eigenvalue weighted by atomic mass is 35.5. The standard InChI is InChI=1S/C15H19Cl2N3/c1-2-19(11-6-7-11)8-9-20-13-5-3-4-12(17)15(13)18-14(20)10-16/h3-5,11H,2,6-10H2,1H3. The van der Waals surface area contributed by atoms with Crippen LogP contribution < -0.4 is 0 Å². The fourth-order valence-electron chi connectivity index (χ4n) is 2.78. The zero-order chi connectivity index (χ0) is 14.1. The van der Waals surface area contributed by atoms with Crippen molar-refractivity contribution in [2.45, 2.75) is 38.2 Å². The number of rotatable bonds is 6. The van der Waals surface area contributed by atoms with E-state index < -0.39 is 0 Å². The summed E-state index contributed by atoms with van der Waals surface area (Å²) in [6, 6.07) is 6.71. The molecule has 0 radical (unpaired) electrons. The molecule has 0 bridgehead atoms. The molecule has 1 aliphatic carbocycles. The minimum atomic E-state index is 0.417. The van der Waals surface area contributed by atoms with Crippen molar-refractivity contribution in [3.63, 3.8) is 0 Å². The van der Waals surface area contributed by atoms with E-state index >= 15 is 0 Å². The van der Waals surface area contributed by atoms with E-state index in [4.69, 9.17) is 23.2 Å². The van der Waals surface area contributed by atoms with Gasteiger partial charge in [0.1, 0.15) is 11.3 Å². The van der Waals surface area contributed by atoms with E-state index in [2.05, 4.69) is 27.4 Å². The first-order chi connectivity index (χ1) is 9.74. The molecule has 1 aromatic heterocycles. The molecule has 1 saturated carbocycles. The van der Waals surface area contributed by atoms with Crippen molar-refractivity contribution in [2.24, 2.45) is 0 Å². The normalized spacial score (nSPS) is 15.4. The van der Waals surface area contributed by atoms with Crippen LogP contribution in [-0.2, 0) is 12.4 Å². The fourth-order valence-corrected chi connectivity index (χ4v) is 3.20. The molecule has 1 aliphatic rings. The van der Waals surface area contributed by atoms with Crippen LogP contribution in [0.15, 0.2) is 18.2 Å². The molecular formula is C15H19Cl2N3. The summed E-state index contributed by atoms with van der Waals surface area (Å²) in [6.45, 7) is 5.30. The minimum absolute atomic E-state index is 0.417. The Labute approximate surface area is 129 Å². The summed E-state index contributed by atoms with van der Waals surface area (Å²) in [5.74, 6) is 1.32. The van der Waals surface area contributed by atoms with Crippen molar-refractivity contribution in [3.05, 3.63) is 29.0 Å². The molecule has 0 saturated heterocycles. The van der Waals surface area contributed by atoms with Gasteiger partial charge in [-0.1, -0.05) is 24.6 Å². The lowest BCUT2D eigenvalue weighted by Crippen LogP contribution is -2.29. The topological polar surface area (TPSA) is 21.1 Å². The molecule has 0 atom stereocenters. The van der Waals surface area contributed by atoms with E-state index in [1.807, 2.05) is 12.1 Å². The van der Waals surface area contributed by atoms with E-state index in [0.29, 0.717) is 10.9 Å². The Morgan fingerprint density at radius 2 is 2.20 bits per heavy atom. The second-order valence-corrected chi connectivity index (χ2v) is 5.96. The highest BCUT2D eigenvalue weighted by Crippen LogP contribution is 2.28. The lowest BCUT2D eigenvalue weighted by molar-refractivity contribution is 0.266. The van der Waals surface area contributed by atoms with Crippen LogP contribution in [-0.4, -0.2) is 33.6 Å². The number of fused-ring (bicyclic) bond motifs is 1. The van der Waals surface area contributed by atoms with E-state index in [1.165, 1.54) is 12.8 Å². The molecule has 3 rings (SSSR count). The maximum Gasteiger partial charge on any atom is 0.124 e. The summed E-state index contributed by atoms with van der Waals surface area (Å²) in [5.41, 5.74) is 1.94. The SMILES string of the molecule is CCN(CCn1c(CCl)nc2c(Cl)cccc21)C1CC1. The van der Waals surface area contributed by atoms with Gasteiger partial charge < -0.3 is 4.57 Å². The number of hydrogen-bond donors (Lipinski definition) is 0. The van der Waals surface area contributed by atoms with Gasteiger partial charge in [0.2, 0.25) is 0 Å². The Hall–Kier alpha value is -0.770. The maximum absolute atomic E-state index is 6.22. The first-order valence-corrected chi connectivity index (χ1v) is 8.09. The minimum Gasteiger partial charge on any atom is -0.326 e. The number of para-hydroxylation sites is 1. The average Bonchev–Trinajstić information content (AvgIpc) is 3.22. The molecule has 1 heterocycles. The summed E-state index contributed by atoms with van der Waals surface area (Å²) in [6.07, 6.45) is 2.68. The van der Waals surface area contributed by atoms with Crippen LogP contribution >= 0.6 is 23.2 Å². The summed E-state index contributed by atoms with van der Waals surface area (Å²) in [5, 5.41) is 0.696. The van der Waals surface area contributed by atoms with Gasteiger partial charge in [-0.25, -0.2) is 4.98 Å². The predicted octanol–water partition coefficient (Wildman–Crippen LogP) is 3.91. The van der Waals surface area contributed by atoms with Crippen LogP contribution in [0.25, 0.3) is 11.0 Å². The Morgan fingerprint density at radius 1 is 1.40 bits per heavy atom. The monoisotopic (exact) mass is 311 g/mol. The summed E-state index contributed by atoms with van der Waals surface area (Å²) in [4.78, 5) is 7.11. The molecule has 0 N–H and O–H groups in total. The van der Waals surface area contributed by atoms with Gasteiger partial charge in [0.05, 0.1) is 16.4 Å². The highest BCUT2D eigenvalue weighted by Gasteiger charge is 2.27. The first kappa shape index (κ1) is 14.2. The lowest BCUT2D eigenvalue weighted by Gasteiger charge is -2.20. The molecule has 0 aliphatic heterocycles. The summed E-state index contributed by atoms with van der Waals surface area (Å²) >= 11 is 12.3. The molecule has 0 spiro atoms. The molecule has 1 aromatic carbocycles. The number of likely N-dealkylation sites (N-methyl/N-ethyl adjacent to an activating group) is 1. The molecule has 1 fully saturated rings. The quantitative estimate of drug-likeness (QED) is 0.754. The third-order valence-corrected chi connectivity index (χ3v) is 4.55. The number of alkyl halides is 1. The third kappa shape index (κ3) is 2.67. The zero-order valence-corrected chi connectivity index (χ0v) is 13.2. The smallest absolute Gasteiger partial charge is 0.124 e. The lowest BCUT2D eigenvalue weighted by atomic mass is 10.3. The summed E-state index contributed by atoms with van der Waals surface area (Å²) < 4.78 is 2.21. The first-order valence-electron chi connectivity index (χ1n) is 7.18. The molecule has 108 valence electrons. The van der Waals surface area contributed by atoms with Gasteiger partial charge >= 0.3 is 0 Å². The fraction of sp³-hybridized carbons (Fsp3) is 0.533. The number of hydrogen-bond acceptors (Lipinski definition) is 2. The Kier molecular flexibility index (Phi) is 4.20. The number of imidazole rings is 1. The van der Waals surface area contributed by atoms with Crippen molar-refractivity contribution < 1.29 is 0 Å². The number of benzene rings is 1. The maximum atomic E-state index is 6.22. The molecule has 20 heavy (non-hydrogen) atoms. The molecule has 2 aromatic rings. The van der Waals surface area contributed by atoms with Crippen LogP contribution in [0.2, 0.25) is 5.02 Å². The van der Waals surface area contributed by atoms with Crippen LogP contribution in [0.1, 0.15) is 25.6 Å². The molecule has 3 nitrogen and oxygen atoms in total. The van der Waals surface area contributed by atoms with E-state index in [9.17, 15) is 0 Å². The van der Waals surface area contributed by atoms with Crippen LogP contribution in [0.4, 0.5) is 0 Å². The third-order valence-electron chi connectivity index (χ3n) is 4.01. The van der Waals surface area contributed by atoms with Gasteiger partial charge in [-0.05, 0) is 31.5 Å². The Bertz CT molecular complexity index is 604. The highest BCUT2D eigenvalue weighted by molar-refractivity contribution is 6.35. The van der Waals surface area contributed by atoms with Crippen LogP contribution in [0.5, 0.6) is 0 Å². The van der Waals surface area contributed by atoms with Gasteiger partial charge in [0.15, 0.2) is 0 Å². The van der Waals surface area contributed by atoms with Crippen molar-refractivity contribution in [3.8, 4) is 0 Å². The van der Waals surface area contributed by atoms with Crippen LogP contribution in [0, 0.1) is 0 Å². The largest absolute Gasteiger partial charge is 0.326 e. The molecule has 5 heteroatoms. The molecule has 0 unspecified atom stereocenters. The second kappa shape index (κ2) is 5.92. The molecular weight excluding hydrogens is 293 g/mol. The van der Waals surface area contributed by atoms with Crippen molar-refractivity contribution in [1.29, 1.82) is 0 Å². The Morgan fingerprint density at radius 3 is 2.85 bits per heavy atom. The number of nitrogens with zero attached hydrogens (tertiary/aromatic N) is 3. The van der Waals surface area contributed by atoms with E-state index in [-0.39, 0.29) is 0 Å². The summed E-state index contributed by atoms with van der Waals surface area (Å²) in [7, 11) is 0. The van der Waals surface area contributed by atoms with Gasteiger partial charge in [0, 0.05) is 19.1 Å². The predicted molar refractivity (Wildman–Crippen MR) is 84.6 cm³/mol. The molecule has 0 amide bonds. The van der Waals surface area contributed by atoms with Gasteiger partial charge in [0.25, 0.3) is 0 Å². The van der Waals surface area contributed by atoms with E-state index in [1.54, 1.807) is 0 Å². The average molecular weight is 312 g/mol.